The van der Waals surface area contributed by atoms with Crippen LogP contribution in [0.5, 0.6) is 0 Å². The third-order valence-electron chi connectivity index (χ3n) is 5.10. The molecule has 1 saturated carbocycles. The van der Waals surface area contributed by atoms with Crippen molar-refractivity contribution in [2.24, 2.45) is 23.7 Å². The van der Waals surface area contributed by atoms with E-state index in [9.17, 15) is 19.2 Å². The molecule has 2 radical (unpaired) electrons. The Balaban J connectivity index is 1.93. The molecule has 2 saturated heterocycles. The highest BCUT2D eigenvalue weighted by Gasteiger charge is 2.46. The minimum absolute atomic E-state index is 0.170. The van der Waals surface area contributed by atoms with Gasteiger partial charge in [0.15, 0.2) is 0 Å². The van der Waals surface area contributed by atoms with E-state index in [2.05, 4.69) is 0 Å². The van der Waals surface area contributed by atoms with Crippen molar-refractivity contribution in [2.75, 3.05) is 7.05 Å². The van der Waals surface area contributed by atoms with Gasteiger partial charge in [0, 0.05) is 30.7 Å². The van der Waals surface area contributed by atoms with Gasteiger partial charge in [0.05, 0.1) is 0 Å². The van der Waals surface area contributed by atoms with Crippen LogP contribution in [0.1, 0.15) is 32.1 Å². The van der Waals surface area contributed by atoms with E-state index in [1.807, 2.05) is 0 Å². The Bertz CT molecular complexity index is 489. The summed E-state index contributed by atoms with van der Waals surface area (Å²) < 4.78 is 0. The van der Waals surface area contributed by atoms with Crippen molar-refractivity contribution in [1.29, 1.82) is 0 Å². The van der Waals surface area contributed by atoms with Crippen molar-refractivity contribution >= 4 is 31.6 Å². The number of hydrogen-bond acceptors (Lipinski definition) is 4. The van der Waals surface area contributed by atoms with E-state index in [0.29, 0.717) is 36.9 Å². The number of imide groups is 2. The smallest absolute Gasteiger partial charge is 0.242 e. The van der Waals surface area contributed by atoms with Crippen LogP contribution < -0.4 is 0 Å². The topological polar surface area (TPSA) is 74.8 Å². The summed E-state index contributed by atoms with van der Waals surface area (Å²) in [6.45, 7) is 0. The summed E-state index contributed by atoms with van der Waals surface area (Å²) in [6.07, 6.45) is 2.42. The fourth-order valence-electron chi connectivity index (χ4n) is 3.87. The van der Waals surface area contributed by atoms with E-state index in [1.54, 1.807) is 0 Å². The van der Waals surface area contributed by atoms with Gasteiger partial charge in [-0.25, -0.2) is 0 Å². The summed E-state index contributed by atoms with van der Waals surface area (Å²) in [7, 11) is 7.08. The maximum absolute atomic E-state index is 12.2. The highest BCUT2D eigenvalue weighted by molar-refractivity contribution is 6.26. The third-order valence-corrected chi connectivity index (χ3v) is 5.10. The first-order chi connectivity index (χ1) is 9.90. The molecule has 2 heterocycles. The van der Waals surface area contributed by atoms with Crippen molar-refractivity contribution in [2.45, 2.75) is 32.1 Å². The lowest BCUT2D eigenvalue weighted by atomic mass is 9.79. The lowest BCUT2D eigenvalue weighted by molar-refractivity contribution is -0.154. The summed E-state index contributed by atoms with van der Waals surface area (Å²) >= 11 is 0. The predicted octanol–water partition coefficient (Wildman–Crippen LogP) is -0.134. The van der Waals surface area contributed by atoms with Crippen molar-refractivity contribution < 1.29 is 19.2 Å². The molecule has 7 heteroatoms. The minimum atomic E-state index is -0.401. The molecule has 0 N–H and O–H groups in total. The number of hydrogen-bond donors (Lipinski definition) is 0. The zero-order valence-corrected chi connectivity index (χ0v) is 11.9. The number of piperidine rings is 2. The summed E-state index contributed by atoms with van der Waals surface area (Å²) in [5.41, 5.74) is 0. The summed E-state index contributed by atoms with van der Waals surface area (Å²) in [6, 6.07) is 0. The molecule has 110 valence electrons. The average Bonchev–Trinajstić information content (AvgIpc) is 2.55. The van der Waals surface area contributed by atoms with Crippen molar-refractivity contribution in [3.8, 4) is 0 Å². The molecule has 4 amide bonds. The number of rotatable bonds is 0. The lowest BCUT2D eigenvalue weighted by Gasteiger charge is -2.35. The Morgan fingerprint density at radius 1 is 0.762 bits per heavy atom. The Morgan fingerprint density at radius 3 is 1.76 bits per heavy atom. The number of carbonyl (C=O) groups excluding carboxylic acids is 4. The van der Waals surface area contributed by atoms with Gasteiger partial charge >= 0.3 is 0 Å². The molecule has 6 nitrogen and oxygen atoms in total. The monoisotopic (exact) mass is 288 g/mol. The molecular weight excluding hydrogens is 271 g/mol. The molecule has 3 fully saturated rings. The molecule has 0 aromatic heterocycles. The Labute approximate surface area is 124 Å². The fourth-order valence-corrected chi connectivity index (χ4v) is 3.87. The highest BCUT2D eigenvalue weighted by atomic mass is 16.2. The van der Waals surface area contributed by atoms with Gasteiger partial charge in [-0.3, -0.25) is 24.1 Å². The standard InChI is InChI=1S/C14H17BN2O4/c1-16-11(18)7-2-3-8-5-10(6-9(4-7)12(16)19)14(21)17(15)13(8)20/h7-10H,2-6H2,1H3. The molecule has 1 aliphatic carbocycles. The molecular formula is C14H17BN2O4. The van der Waals surface area contributed by atoms with Gasteiger partial charge in [0.2, 0.25) is 31.6 Å². The van der Waals surface area contributed by atoms with Crippen LogP contribution in [0.2, 0.25) is 0 Å². The van der Waals surface area contributed by atoms with E-state index >= 15 is 0 Å². The largest absolute Gasteiger partial charge is 0.340 e. The van der Waals surface area contributed by atoms with E-state index in [1.165, 1.54) is 11.9 Å². The van der Waals surface area contributed by atoms with Crippen LogP contribution in [-0.4, -0.2) is 48.4 Å². The Hall–Kier alpha value is -1.66. The zero-order chi connectivity index (χ0) is 15.3. The summed E-state index contributed by atoms with van der Waals surface area (Å²) in [5.74, 6) is -2.42. The Kier molecular flexibility index (Phi) is 3.38. The average molecular weight is 288 g/mol. The first kappa shape index (κ1) is 14.3. The minimum Gasteiger partial charge on any atom is -0.340 e. The van der Waals surface area contributed by atoms with Gasteiger partial charge in [0.1, 0.15) is 0 Å². The first-order valence-electron chi connectivity index (χ1n) is 7.34. The van der Waals surface area contributed by atoms with Gasteiger partial charge < -0.3 is 4.81 Å². The van der Waals surface area contributed by atoms with E-state index < -0.39 is 11.8 Å². The first-order valence-corrected chi connectivity index (χ1v) is 7.34. The van der Waals surface area contributed by atoms with E-state index in [-0.39, 0.29) is 35.5 Å². The molecule has 4 bridgehead atoms. The van der Waals surface area contributed by atoms with Crippen molar-refractivity contribution in [3.05, 3.63) is 0 Å². The van der Waals surface area contributed by atoms with Gasteiger partial charge in [-0.05, 0) is 32.1 Å². The molecule has 3 aliphatic rings. The number of carbonyl (C=O) groups is 4. The van der Waals surface area contributed by atoms with Gasteiger partial charge in [-0.1, -0.05) is 0 Å². The number of nitrogens with zero attached hydrogens (tertiary/aromatic N) is 2. The second-order valence-corrected chi connectivity index (χ2v) is 6.35. The van der Waals surface area contributed by atoms with Crippen LogP contribution in [0.4, 0.5) is 0 Å². The fraction of sp³-hybridized carbons (Fsp3) is 0.714. The SMILES string of the molecule is [B]N1C(=O)C2CCC3CC(CC(C2)C1=O)C(=O)N(C)C3=O. The molecule has 3 rings (SSSR count). The second kappa shape index (κ2) is 4.96. The second-order valence-electron chi connectivity index (χ2n) is 6.35. The molecule has 4 unspecified atom stereocenters. The number of likely N-dealkylation sites (tertiary alicyclic amines) is 1. The lowest BCUT2D eigenvalue weighted by Crippen LogP contribution is -2.50. The normalized spacial score (nSPS) is 37.2. The maximum Gasteiger partial charge on any atom is 0.242 e. The van der Waals surface area contributed by atoms with Crippen molar-refractivity contribution in [1.82, 2.24) is 9.71 Å². The van der Waals surface area contributed by atoms with Crippen LogP contribution in [0.3, 0.4) is 0 Å². The van der Waals surface area contributed by atoms with Crippen LogP contribution >= 0.6 is 0 Å². The van der Waals surface area contributed by atoms with Crippen molar-refractivity contribution in [3.63, 3.8) is 0 Å². The van der Waals surface area contributed by atoms with Gasteiger partial charge in [-0.2, -0.15) is 0 Å². The van der Waals surface area contributed by atoms with Crippen LogP contribution in [-0.2, 0) is 19.2 Å². The van der Waals surface area contributed by atoms with Crippen LogP contribution in [0.25, 0.3) is 0 Å². The summed E-state index contributed by atoms with van der Waals surface area (Å²) in [5, 5.41) is 0. The van der Waals surface area contributed by atoms with Crippen LogP contribution in [0, 0.1) is 23.7 Å². The third kappa shape index (κ3) is 2.19. The predicted molar refractivity (Wildman–Crippen MR) is 72.4 cm³/mol. The maximum atomic E-state index is 12.2. The van der Waals surface area contributed by atoms with Crippen LogP contribution in [0.15, 0.2) is 0 Å². The quantitative estimate of drug-likeness (QED) is 0.459. The molecule has 0 spiro atoms. The zero-order valence-electron chi connectivity index (χ0n) is 11.9. The van der Waals surface area contributed by atoms with E-state index in [0.717, 1.165) is 0 Å². The number of amides is 4. The summed E-state index contributed by atoms with van der Waals surface area (Å²) in [4.78, 5) is 50.4. The number of fused-ring (bicyclic) bond motifs is 4. The molecule has 4 atom stereocenters. The highest BCUT2D eigenvalue weighted by Crippen LogP contribution is 2.39. The molecule has 2 aliphatic heterocycles. The molecule has 0 aromatic carbocycles. The van der Waals surface area contributed by atoms with Gasteiger partial charge in [0.25, 0.3) is 0 Å². The Morgan fingerprint density at radius 2 is 1.14 bits per heavy atom. The van der Waals surface area contributed by atoms with E-state index in [4.69, 9.17) is 7.98 Å². The molecule has 21 heavy (non-hydrogen) atoms. The molecule has 0 aromatic rings. The van der Waals surface area contributed by atoms with Gasteiger partial charge in [-0.15, -0.1) is 0 Å².